The highest BCUT2D eigenvalue weighted by atomic mass is 79.9. The number of halogens is 2. The van der Waals surface area contributed by atoms with Crippen LogP contribution in [0.1, 0.15) is 31.4 Å². The van der Waals surface area contributed by atoms with Crippen molar-refractivity contribution in [3.8, 4) is 0 Å². The third kappa shape index (κ3) is 3.02. The Labute approximate surface area is 119 Å². The first-order chi connectivity index (χ1) is 8.49. The van der Waals surface area contributed by atoms with Crippen molar-refractivity contribution < 1.29 is 14.6 Å². The quantitative estimate of drug-likeness (QED) is 0.510. The molecule has 0 aliphatic heterocycles. The van der Waals surface area contributed by atoms with Crippen LogP contribution in [-0.2, 0) is 20.5 Å². The van der Waals surface area contributed by atoms with Crippen molar-refractivity contribution in [1.29, 1.82) is 0 Å². The summed E-state index contributed by atoms with van der Waals surface area (Å²) in [4.78, 5) is 15.9. The predicted molar refractivity (Wildman–Crippen MR) is 72.7 cm³/mol. The summed E-state index contributed by atoms with van der Waals surface area (Å²) in [6, 6.07) is 1.50. The first-order valence-corrected chi connectivity index (χ1v) is 7.10. The second-order valence-electron chi connectivity index (χ2n) is 3.73. The number of esters is 1. The van der Waals surface area contributed by atoms with Crippen molar-refractivity contribution in [2.24, 2.45) is 0 Å². The summed E-state index contributed by atoms with van der Waals surface area (Å²) in [5, 5.41) is 11.2. The van der Waals surface area contributed by atoms with Crippen LogP contribution in [0.2, 0.25) is 5.15 Å². The lowest BCUT2D eigenvalue weighted by Crippen LogP contribution is -2.37. The molecule has 1 unspecified atom stereocenters. The number of aromatic nitrogens is 1. The number of hydrogen-bond acceptors (Lipinski definition) is 4. The molecule has 1 atom stereocenters. The molecule has 100 valence electrons. The Bertz CT molecular complexity index is 441. The number of pyridine rings is 1. The summed E-state index contributed by atoms with van der Waals surface area (Å²) in [5.74, 6) is -0.669. The van der Waals surface area contributed by atoms with Gasteiger partial charge in [0, 0.05) is 17.1 Å². The van der Waals surface area contributed by atoms with E-state index in [1.807, 2.05) is 0 Å². The number of alkyl halides is 1. The lowest BCUT2D eigenvalue weighted by molar-refractivity contribution is -0.166. The lowest BCUT2D eigenvalue weighted by Gasteiger charge is -2.26. The van der Waals surface area contributed by atoms with E-state index in [9.17, 15) is 9.90 Å². The lowest BCUT2D eigenvalue weighted by atomic mass is 9.89. The van der Waals surface area contributed by atoms with E-state index in [4.69, 9.17) is 16.3 Å². The van der Waals surface area contributed by atoms with Crippen LogP contribution >= 0.6 is 27.5 Å². The predicted octanol–water partition coefficient (Wildman–Crippen LogP) is 2.79. The van der Waals surface area contributed by atoms with Crippen molar-refractivity contribution >= 4 is 33.5 Å². The molecule has 0 saturated heterocycles. The summed E-state index contributed by atoms with van der Waals surface area (Å²) >= 11 is 9.13. The number of carbonyl (C=O) groups excluding carboxylic acids is 1. The first kappa shape index (κ1) is 15.4. The molecule has 0 amide bonds. The highest BCUT2D eigenvalue weighted by molar-refractivity contribution is 9.08. The molecular weight excluding hydrogens is 321 g/mol. The average Bonchev–Trinajstić information content (AvgIpc) is 2.38. The van der Waals surface area contributed by atoms with E-state index in [-0.39, 0.29) is 18.2 Å². The van der Waals surface area contributed by atoms with Crippen LogP contribution in [0.5, 0.6) is 0 Å². The molecule has 1 aromatic rings. The van der Waals surface area contributed by atoms with Gasteiger partial charge in [0.1, 0.15) is 5.15 Å². The first-order valence-electron chi connectivity index (χ1n) is 5.60. The zero-order valence-corrected chi connectivity index (χ0v) is 12.6. The van der Waals surface area contributed by atoms with Gasteiger partial charge in [0.05, 0.1) is 6.61 Å². The molecule has 6 heteroatoms. The molecule has 1 heterocycles. The SMILES string of the molecule is CCOC(=O)C(O)(CC)c1cc(Cl)ncc1CBr. The minimum absolute atomic E-state index is 0.201. The van der Waals surface area contributed by atoms with Crippen molar-refractivity contribution in [1.82, 2.24) is 4.98 Å². The van der Waals surface area contributed by atoms with Gasteiger partial charge in [-0.05, 0) is 25.0 Å². The van der Waals surface area contributed by atoms with Crippen molar-refractivity contribution in [2.45, 2.75) is 31.2 Å². The van der Waals surface area contributed by atoms with Crippen LogP contribution in [0.4, 0.5) is 0 Å². The summed E-state index contributed by atoms with van der Waals surface area (Å²) in [5.41, 5.74) is -0.553. The maximum absolute atomic E-state index is 11.9. The van der Waals surface area contributed by atoms with Crippen LogP contribution in [0.25, 0.3) is 0 Å². The molecule has 4 nitrogen and oxygen atoms in total. The minimum Gasteiger partial charge on any atom is -0.464 e. The smallest absolute Gasteiger partial charge is 0.342 e. The van der Waals surface area contributed by atoms with Gasteiger partial charge < -0.3 is 9.84 Å². The van der Waals surface area contributed by atoms with Gasteiger partial charge in [-0.3, -0.25) is 0 Å². The molecule has 18 heavy (non-hydrogen) atoms. The highest BCUT2D eigenvalue weighted by Crippen LogP contribution is 2.31. The van der Waals surface area contributed by atoms with E-state index in [0.29, 0.717) is 16.5 Å². The maximum atomic E-state index is 11.9. The Morgan fingerprint density at radius 1 is 1.61 bits per heavy atom. The highest BCUT2D eigenvalue weighted by Gasteiger charge is 2.39. The number of ether oxygens (including phenoxy) is 1. The third-order valence-corrected chi connectivity index (χ3v) is 3.48. The van der Waals surface area contributed by atoms with Gasteiger partial charge in [-0.1, -0.05) is 34.5 Å². The Morgan fingerprint density at radius 2 is 2.28 bits per heavy atom. The minimum atomic E-state index is -1.69. The number of aliphatic hydroxyl groups is 1. The van der Waals surface area contributed by atoms with E-state index >= 15 is 0 Å². The molecular formula is C12H15BrClNO3. The molecule has 0 aliphatic rings. The molecule has 0 bridgehead atoms. The van der Waals surface area contributed by atoms with Gasteiger partial charge in [-0.15, -0.1) is 0 Å². The number of nitrogens with zero attached hydrogens (tertiary/aromatic N) is 1. The molecule has 0 fully saturated rings. The van der Waals surface area contributed by atoms with E-state index in [1.165, 1.54) is 12.3 Å². The second-order valence-corrected chi connectivity index (χ2v) is 4.68. The molecule has 1 aromatic heterocycles. The Balaban J connectivity index is 3.30. The van der Waals surface area contributed by atoms with Crippen molar-refractivity contribution in [2.75, 3.05) is 6.61 Å². The summed E-state index contributed by atoms with van der Waals surface area (Å²) in [7, 11) is 0. The van der Waals surface area contributed by atoms with Gasteiger partial charge >= 0.3 is 5.97 Å². The van der Waals surface area contributed by atoms with Gasteiger partial charge in [0.15, 0.2) is 5.60 Å². The van der Waals surface area contributed by atoms with Crippen LogP contribution in [-0.4, -0.2) is 22.7 Å². The Morgan fingerprint density at radius 3 is 2.78 bits per heavy atom. The summed E-state index contributed by atoms with van der Waals surface area (Å²) in [6.45, 7) is 3.62. The van der Waals surface area contributed by atoms with E-state index in [2.05, 4.69) is 20.9 Å². The van der Waals surface area contributed by atoms with Crippen LogP contribution in [0.15, 0.2) is 12.3 Å². The third-order valence-electron chi connectivity index (χ3n) is 2.67. The average molecular weight is 337 g/mol. The topological polar surface area (TPSA) is 59.4 Å². The zero-order valence-electron chi connectivity index (χ0n) is 10.2. The summed E-state index contributed by atoms with van der Waals surface area (Å²) < 4.78 is 4.92. The fourth-order valence-corrected chi connectivity index (χ4v) is 2.25. The Kier molecular flexibility index (Phi) is 5.56. The molecule has 0 aromatic carbocycles. The Hall–Kier alpha value is -0.650. The van der Waals surface area contributed by atoms with E-state index < -0.39 is 11.6 Å². The fourth-order valence-electron chi connectivity index (χ4n) is 1.64. The molecule has 0 radical (unpaired) electrons. The standard InChI is InChI=1S/C12H15BrClNO3/c1-3-12(17,11(16)18-4-2)9-5-10(14)15-7-8(9)6-13/h5,7,17H,3-4,6H2,1-2H3. The van der Waals surface area contributed by atoms with Gasteiger partial charge in [-0.2, -0.15) is 0 Å². The van der Waals surface area contributed by atoms with Crippen LogP contribution in [0.3, 0.4) is 0 Å². The van der Waals surface area contributed by atoms with Gasteiger partial charge in [0.25, 0.3) is 0 Å². The second kappa shape index (κ2) is 6.50. The number of carbonyl (C=O) groups is 1. The number of rotatable bonds is 5. The van der Waals surface area contributed by atoms with Gasteiger partial charge in [0.2, 0.25) is 0 Å². The monoisotopic (exact) mass is 335 g/mol. The van der Waals surface area contributed by atoms with E-state index in [1.54, 1.807) is 13.8 Å². The fraction of sp³-hybridized carbons (Fsp3) is 0.500. The zero-order chi connectivity index (χ0) is 13.8. The van der Waals surface area contributed by atoms with E-state index in [0.717, 1.165) is 0 Å². The number of hydrogen-bond donors (Lipinski definition) is 1. The van der Waals surface area contributed by atoms with Crippen LogP contribution in [0, 0.1) is 0 Å². The van der Waals surface area contributed by atoms with Crippen molar-refractivity contribution in [3.63, 3.8) is 0 Å². The molecule has 1 N–H and O–H groups in total. The van der Waals surface area contributed by atoms with Crippen LogP contribution < -0.4 is 0 Å². The van der Waals surface area contributed by atoms with Crippen molar-refractivity contribution in [3.05, 3.63) is 28.5 Å². The molecule has 0 saturated carbocycles. The van der Waals surface area contributed by atoms with Gasteiger partial charge in [-0.25, -0.2) is 9.78 Å². The maximum Gasteiger partial charge on any atom is 0.342 e. The molecule has 1 rings (SSSR count). The normalized spacial score (nSPS) is 14.1. The largest absolute Gasteiger partial charge is 0.464 e. The summed E-state index contributed by atoms with van der Waals surface area (Å²) in [6.07, 6.45) is 1.73. The molecule has 0 spiro atoms. The molecule has 0 aliphatic carbocycles.